The number of aromatic nitrogens is 3. The van der Waals surface area contributed by atoms with Gasteiger partial charge in [-0.1, -0.05) is 0 Å². The molecule has 0 saturated carbocycles. The van der Waals surface area contributed by atoms with Crippen molar-refractivity contribution in [3.63, 3.8) is 0 Å². The Hall–Kier alpha value is -3.09. The maximum absolute atomic E-state index is 12.2. The lowest BCUT2D eigenvalue weighted by molar-refractivity contribution is 0.102. The van der Waals surface area contributed by atoms with E-state index in [1.54, 1.807) is 44.6 Å². The standard InChI is InChI=1S/C15H15N5O2/c1-16-14-9-6-12(20-15(21)10-4-3-5-17-10)13(22-2)7-11(9)18-8-19-14/h3-8,17H,1-2H3,(H,20,21)(H,16,18,19). The largest absolute Gasteiger partial charge is 0.494 e. The predicted octanol–water partition coefficient (Wildman–Crippen LogP) is 2.26. The summed E-state index contributed by atoms with van der Waals surface area (Å²) >= 11 is 0. The lowest BCUT2D eigenvalue weighted by atomic mass is 10.2. The number of nitrogens with one attached hydrogen (secondary N) is 3. The van der Waals surface area contributed by atoms with E-state index in [4.69, 9.17) is 4.74 Å². The molecule has 2 heterocycles. The normalized spacial score (nSPS) is 10.5. The molecule has 0 saturated heterocycles. The second-order valence-corrected chi connectivity index (χ2v) is 4.58. The molecule has 0 spiro atoms. The van der Waals surface area contributed by atoms with E-state index in [1.807, 2.05) is 0 Å². The number of carbonyl (C=O) groups is 1. The first-order valence-corrected chi connectivity index (χ1v) is 6.68. The number of H-pyrrole nitrogens is 1. The molecule has 7 nitrogen and oxygen atoms in total. The molecule has 0 radical (unpaired) electrons. The second-order valence-electron chi connectivity index (χ2n) is 4.58. The van der Waals surface area contributed by atoms with Gasteiger partial charge in [-0.15, -0.1) is 0 Å². The van der Waals surface area contributed by atoms with Crippen molar-refractivity contribution in [2.24, 2.45) is 0 Å². The van der Waals surface area contributed by atoms with Crippen LogP contribution in [0.5, 0.6) is 5.75 Å². The third-order valence-corrected chi connectivity index (χ3v) is 3.28. The number of fused-ring (bicyclic) bond motifs is 1. The van der Waals surface area contributed by atoms with Crippen molar-refractivity contribution in [1.29, 1.82) is 0 Å². The fourth-order valence-corrected chi connectivity index (χ4v) is 2.21. The maximum Gasteiger partial charge on any atom is 0.272 e. The number of carbonyl (C=O) groups excluding carboxylic acids is 1. The predicted molar refractivity (Wildman–Crippen MR) is 84.4 cm³/mol. The van der Waals surface area contributed by atoms with E-state index in [0.717, 1.165) is 10.9 Å². The summed E-state index contributed by atoms with van der Waals surface area (Å²) in [6.07, 6.45) is 3.17. The number of rotatable bonds is 4. The minimum atomic E-state index is -0.245. The Morgan fingerprint density at radius 3 is 2.86 bits per heavy atom. The smallest absolute Gasteiger partial charge is 0.272 e. The molecule has 3 aromatic rings. The Balaban J connectivity index is 2.05. The molecule has 3 rings (SSSR count). The monoisotopic (exact) mass is 297 g/mol. The Morgan fingerprint density at radius 2 is 2.18 bits per heavy atom. The van der Waals surface area contributed by atoms with E-state index in [0.29, 0.717) is 22.9 Å². The Labute approximate surface area is 126 Å². The summed E-state index contributed by atoms with van der Waals surface area (Å²) in [7, 11) is 3.33. The fourth-order valence-electron chi connectivity index (χ4n) is 2.21. The molecule has 2 aromatic heterocycles. The first-order valence-electron chi connectivity index (χ1n) is 6.68. The molecule has 0 bridgehead atoms. The summed E-state index contributed by atoms with van der Waals surface area (Å²) < 4.78 is 5.34. The van der Waals surface area contributed by atoms with E-state index in [1.165, 1.54) is 6.33 Å². The van der Waals surface area contributed by atoms with Gasteiger partial charge in [-0.05, 0) is 18.2 Å². The quantitative estimate of drug-likeness (QED) is 0.687. The van der Waals surface area contributed by atoms with Crippen LogP contribution in [-0.4, -0.2) is 35.0 Å². The maximum atomic E-state index is 12.2. The molecule has 112 valence electrons. The number of ether oxygens (including phenoxy) is 1. The molecule has 0 unspecified atom stereocenters. The minimum absolute atomic E-state index is 0.245. The van der Waals surface area contributed by atoms with Crippen LogP contribution < -0.4 is 15.4 Å². The Bertz CT molecular complexity index is 814. The summed E-state index contributed by atoms with van der Waals surface area (Å²) in [4.78, 5) is 23.4. The van der Waals surface area contributed by atoms with Gasteiger partial charge >= 0.3 is 0 Å². The zero-order valence-electron chi connectivity index (χ0n) is 12.2. The molecule has 1 aromatic carbocycles. The number of nitrogens with zero attached hydrogens (tertiary/aromatic N) is 2. The third kappa shape index (κ3) is 2.44. The van der Waals surface area contributed by atoms with Gasteiger partial charge in [0.15, 0.2) is 0 Å². The van der Waals surface area contributed by atoms with Crippen LogP contribution in [-0.2, 0) is 0 Å². The summed E-state index contributed by atoms with van der Waals surface area (Å²) in [6.45, 7) is 0. The molecule has 0 aliphatic carbocycles. The van der Waals surface area contributed by atoms with E-state index in [9.17, 15) is 4.79 Å². The number of aromatic amines is 1. The molecular formula is C15H15N5O2. The Kier molecular flexibility index (Phi) is 3.61. The van der Waals surface area contributed by atoms with Crippen molar-refractivity contribution in [2.75, 3.05) is 24.8 Å². The van der Waals surface area contributed by atoms with Gasteiger partial charge in [-0.2, -0.15) is 0 Å². The number of anilines is 2. The average molecular weight is 297 g/mol. The molecule has 0 aliphatic heterocycles. The highest BCUT2D eigenvalue weighted by atomic mass is 16.5. The zero-order valence-corrected chi connectivity index (χ0v) is 12.2. The number of methoxy groups -OCH3 is 1. The number of hydrogen-bond acceptors (Lipinski definition) is 5. The highest BCUT2D eigenvalue weighted by Crippen LogP contribution is 2.32. The zero-order chi connectivity index (χ0) is 15.5. The van der Waals surface area contributed by atoms with E-state index in [2.05, 4.69) is 25.6 Å². The minimum Gasteiger partial charge on any atom is -0.494 e. The SMILES string of the molecule is CNc1ncnc2cc(OC)c(NC(=O)c3ccc[nH]3)cc12. The first kappa shape index (κ1) is 13.9. The van der Waals surface area contributed by atoms with E-state index >= 15 is 0 Å². The highest BCUT2D eigenvalue weighted by Gasteiger charge is 2.13. The van der Waals surface area contributed by atoms with Crippen LogP contribution in [0.3, 0.4) is 0 Å². The molecule has 0 atom stereocenters. The van der Waals surface area contributed by atoms with Crippen LogP contribution in [0.2, 0.25) is 0 Å². The van der Waals surface area contributed by atoms with Crippen molar-refractivity contribution in [3.8, 4) is 5.75 Å². The number of amides is 1. The van der Waals surface area contributed by atoms with Gasteiger partial charge in [-0.25, -0.2) is 9.97 Å². The molecule has 3 N–H and O–H groups in total. The van der Waals surface area contributed by atoms with Gasteiger partial charge in [0.05, 0.1) is 18.3 Å². The summed E-state index contributed by atoms with van der Waals surface area (Å²) in [5.74, 6) is 0.974. The van der Waals surface area contributed by atoms with Crippen LogP contribution in [0.15, 0.2) is 36.8 Å². The van der Waals surface area contributed by atoms with Gasteiger partial charge in [0.1, 0.15) is 23.6 Å². The molecule has 0 fully saturated rings. The second kappa shape index (κ2) is 5.72. The molecule has 1 amide bonds. The van der Waals surface area contributed by atoms with Gasteiger partial charge in [-0.3, -0.25) is 4.79 Å². The van der Waals surface area contributed by atoms with Crippen LogP contribution in [0.4, 0.5) is 11.5 Å². The fraction of sp³-hybridized carbons (Fsp3) is 0.133. The average Bonchev–Trinajstić information content (AvgIpc) is 3.08. The van der Waals surface area contributed by atoms with Crippen molar-refractivity contribution < 1.29 is 9.53 Å². The molecule has 22 heavy (non-hydrogen) atoms. The summed E-state index contributed by atoms with van der Waals surface area (Å²) in [6, 6.07) is 7.02. The van der Waals surface area contributed by atoms with Crippen LogP contribution in [0.25, 0.3) is 10.9 Å². The van der Waals surface area contributed by atoms with Crippen LogP contribution in [0.1, 0.15) is 10.5 Å². The Morgan fingerprint density at radius 1 is 1.32 bits per heavy atom. The molecular weight excluding hydrogens is 282 g/mol. The third-order valence-electron chi connectivity index (χ3n) is 3.28. The van der Waals surface area contributed by atoms with Crippen LogP contribution in [0, 0.1) is 0 Å². The van der Waals surface area contributed by atoms with Gasteiger partial charge < -0.3 is 20.4 Å². The topological polar surface area (TPSA) is 91.9 Å². The number of hydrogen-bond donors (Lipinski definition) is 3. The summed E-state index contributed by atoms with van der Waals surface area (Å²) in [5.41, 5.74) is 1.76. The van der Waals surface area contributed by atoms with Gasteiger partial charge in [0, 0.05) is 24.7 Å². The lowest BCUT2D eigenvalue weighted by Gasteiger charge is -2.12. The first-order chi connectivity index (χ1) is 10.7. The van der Waals surface area contributed by atoms with Crippen molar-refractivity contribution >= 4 is 28.3 Å². The lowest BCUT2D eigenvalue weighted by Crippen LogP contribution is -2.13. The van der Waals surface area contributed by atoms with Gasteiger partial charge in [0.2, 0.25) is 0 Å². The van der Waals surface area contributed by atoms with E-state index in [-0.39, 0.29) is 5.91 Å². The van der Waals surface area contributed by atoms with Gasteiger partial charge in [0.25, 0.3) is 5.91 Å². The number of benzene rings is 1. The molecule has 7 heteroatoms. The van der Waals surface area contributed by atoms with Crippen molar-refractivity contribution in [1.82, 2.24) is 15.0 Å². The summed E-state index contributed by atoms with van der Waals surface area (Å²) in [5, 5.41) is 6.63. The van der Waals surface area contributed by atoms with Crippen LogP contribution >= 0.6 is 0 Å². The molecule has 0 aliphatic rings. The van der Waals surface area contributed by atoms with E-state index < -0.39 is 0 Å². The van der Waals surface area contributed by atoms with Crippen molar-refractivity contribution in [2.45, 2.75) is 0 Å². The van der Waals surface area contributed by atoms with Crippen molar-refractivity contribution in [3.05, 3.63) is 42.5 Å². The highest BCUT2D eigenvalue weighted by molar-refractivity contribution is 6.05.